The molecule has 142 valence electrons. The number of aryl methyl sites for hydroxylation is 3. The van der Waals surface area contributed by atoms with Crippen molar-refractivity contribution in [2.45, 2.75) is 58.9 Å². The zero-order chi connectivity index (χ0) is 18.5. The maximum atomic E-state index is 4.69. The van der Waals surface area contributed by atoms with Gasteiger partial charge in [-0.1, -0.05) is 13.3 Å². The van der Waals surface area contributed by atoms with E-state index in [1.54, 1.807) is 11.3 Å². The van der Waals surface area contributed by atoms with Crippen LogP contribution >= 0.6 is 11.3 Å². The minimum atomic E-state index is 0.664. The summed E-state index contributed by atoms with van der Waals surface area (Å²) in [5, 5.41) is 0. The molecule has 2 aromatic heterocycles. The number of aromatic nitrogens is 3. The van der Waals surface area contributed by atoms with E-state index in [9.17, 15) is 0 Å². The molecule has 6 heteroatoms. The fraction of sp³-hybridized carbons (Fsp3) is 0.650. The molecule has 26 heavy (non-hydrogen) atoms. The van der Waals surface area contributed by atoms with Crippen LogP contribution in [0, 0.1) is 13.8 Å². The Morgan fingerprint density at radius 1 is 1.19 bits per heavy atom. The molecule has 1 aliphatic rings. The summed E-state index contributed by atoms with van der Waals surface area (Å²) in [7, 11) is 2.27. The number of anilines is 1. The molecule has 2 aromatic rings. The molecular weight excluding hydrogens is 342 g/mol. The second-order valence-corrected chi connectivity index (χ2v) is 8.26. The molecule has 0 bridgehead atoms. The van der Waals surface area contributed by atoms with E-state index in [2.05, 4.69) is 51.7 Å². The van der Waals surface area contributed by atoms with Crippen molar-refractivity contribution in [3.05, 3.63) is 33.7 Å². The van der Waals surface area contributed by atoms with Crippen molar-refractivity contribution in [1.29, 1.82) is 0 Å². The lowest BCUT2D eigenvalue weighted by molar-refractivity contribution is 0.210. The molecule has 0 amide bonds. The summed E-state index contributed by atoms with van der Waals surface area (Å²) in [5.74, 6) is 2.01. The van der Waals surface area contributed by atoms with E-state index >= 15 is 0 Å². The second-order valence-electron chi connectivity index (χ2n) is 7.32. The van der Waals surface area contributed by atoms with Gasteiger partial charge in [0, 0.05) is 42.3 Å². The highest BCUT2D eigenvalue weighted by atomic mass is 32.1. The zero-order valence-corrected chi connectivity index (χ0v) is 17.3. The Balaban J connectivity index is 1.53. The Labute approximate surface area is 161 Å². The number of piperidine rings is 1. The summed E-state index contributed by atoms with van der Waals surface area (Å²) < 4.78 is 0. The van der Waals surface area contributed by atoms with E-state index in [1.807, 2.05) is 12.4 Å². The van der Waals surface area contributed by atoms with Crippen LogP contribution in [0.4, 0.5) is 5.82 Å². The molecule has 0 unspecified atom stereocenters. The van der Waals surface area contributed by atoms with Crippen molar-refractivity contribution >= 4 is 17.2 Å². The summed E-state index contributed by atoms with van der Waals surface area (Å²) in [4.78, 5) is 20.0. The van der Waals surface area contributed by atoms with E-state index < -0.39 is 0 Å². The average Bonchev–Trinajstić information content (AvgIpc) is 3.04. The topological polar surface area (TPSA) is 45.2 Å². The standard InChI is InChI=1S/C20H31N5S/c1-5-6-17-13-20(23-16(3)22-17)25-11-7-18(8-12-25)24(4)10-9-19-15(2)21-14-26-19/h13-14,18H,5-12H2,1-4H3. The first-order valence-electron chi connectivity index (χ1n) is 9.75. The van der Waals surface area contributed by atoms with Gasteiger partial charge in [0.05, 0.1) is 11.2 Å². The lowest BCUT2D eigenvalue weighted by Crippen LogP contribution is -2.44. The molecule has 1 aliphatic heterocycles. The largest absolute Gasteiger partial charge is 0.356 e. The Morgan fingerprint density at radius 2 is 1.96 bits per heavy atom. The van der Waals surface area contributed by atoms with Crippen LogP contribution in [0.15, 0.2) is 11.6 Å². The monoisotopic (exact) mass is 373 g/mol. The third kappa shape index (κ3) is 4.80. The van der Waals surface area contributed by atoms with E-state index in [-0.39, 0.29) is 0 Å². The fourth-order valence-electron chi connectivity index (χ4n) is 3.72. The first-order valence-corrected chi connectivity index (χ1v) is 10.6. The first kappa shape index (κ1) is 19.2. The molecular formula is C20H31N5S. The second kappa shape index (κ2) is 8.91. The summed E-state index contributed by atoms with van der Waals surface area (Å²) >= 11 is 1.78. The molecule has 5 nitrogen and oxygen atoms in total. The smallest absolute Gasteiger partial charge is 0.132 e. The van der Waals surface area contributed by atoms with Gasteiger partial charge in [-0.25, -0.2) is 15.0 Å². The first-order chi connectivity index (χ1) is 12.6. The number of rotatable bonds is 7. The molecule has 3 rings (SSSR count). The van der Waals surface area contributed by atoms with Gasteiger partial charge in [-0.05, 0) is 46.6 Å². The van der Waals surface area contributed by atoms with Crippen molar-refractivity contribution in [2.24, 2.45) is 0 Å². The summed E-state index contributed by atoms with van der Waals surface area (Å²) in [6.45, 7) is 9.59. The summed E-state index contributed by atoms with van der Waals surface area (Å²) in [6.07, 6.45) is 5.67. The van der Waals surface area contributed by atoms with E-state index in [4.69, 9.17) is 0 Å². The van der Waals surface area contributed by atoms with E-state index in [0.29, 0.717) is 6.04 Å². The Hall–Kier alpha value is -1.53. The van der Waals surface area contributed by atoms with Crippen molar-refractivity contribution in [2.75, 3.05) is 31.6 Å². The van der Waals surface area contributed by atoms with Gasteiger partial charge in [0.15, 0.2) is 0 Å². The Bertz CT molecular complexity index is 706. The van der Waals surface area contributed by atoms with Crippen LogP contribution in [0.5, 0.6) is 0 Å². The van der Waals surface area contributed by atoms with Gasteiger partial charge in [0.25, 0.3) is 0 Å². The lowest BCUT2D eigenvalue weighted by Gasteiger charge is -2.37. The molecule has 0 saturated carbocycles. The summed E-state index contributed by atoms with van der Waals surface area (Å²) in [6, 6.07) is 2.85. The number of nitrogens with zero attached hydrogens (tertiary/aromatic N) is 5. The highest BCUT2D eigenvalue weighted by molar-refractivity contribution is 7.09. The van der Waals surface area contributed by atoms with Crippen LogP contribution in [-0.4, -0.2) is 52.6 Å². The third-order valence-corrected chi connectivity index (χ3v) is 6.33. The molecule has 0 radical (unpaired) electrons. The van der Waals surface area contributed by atoms with Crippen LogP contribution in [0.3, 0.4) is 0 Å². The maximum absolute atomic E-state index is 4.69. The van der Waals surface area contributed by atoms with Gasteiger partial charge in [0.1, 0.15) is 11.6 Å². The van der Waals surface area contributed by atoms with Gasteiger partial charge in [-0.3, -0.25) is 0 Å². The Morgan fingerprint density at radius 3 is 2.62 bits per heavy atom. The number of hydrogen-bond acceptors (Lipinski definition) is 6. The minimum Gasteiger partial charge on any atom is -0.356 e. The molecule has 3 heterocycles. The van der Waals surface area contributed by atoms with Crippen LogP contribution < -0.4 is 4.90 Å². The van der Waals surface area contributed by atoms with Crippen molar-refractivity contribution in [3.8, 4) is 0 Å². The van der Waals surface area contributed by atoms with Crippen LogP contribution in [0.25, 0.3) is 0 Å². The van der Waals surface area contributed by atoms with Gasteiger partial charge in [-0.15, -0.1) is 11.3 Å². The highest BCUT2D eigenvalue weighted by Gasteiger charge is 2.23. The molecule has 0 spiro atoms. The average molecular weight is 374 g/mol. The zero-order valence-electron chi connectivity index (χ0n) is 16.5. The number of likely N-dealkylation sites (N-methyl/N-ethyl adjacent to an activating group) is 1. The van der Waals surface area contributed by atoms with E-state index in [0.717, 1.165) is 50.5 Å². The molecule has 1 saturated heterocycles. The van der Waals surface area contributed by atoms with Gasteiger partial charge in [-0.2, -0.15) is 0 Å². The van der Waals surface area contributed by atoms with Gasteiger partial charge in [0.2, 0.25) is 0 Å². The molecule has 0 aliphatic carbocycles. The van der Waals surface area contributed by atoms with Crippen LogP contribution in [0.1, 0.15) is 48.3 Å². The predicted octanol–water partition coefficient (Wildman–Crippen LogP) is 3.65. The minimum absolute atomic E-state index is 0.664. The van der Waals surface area contributed by atoms with E-state index in [1.165, 1.54) is 29.1 Å². The Kier molecular flexibility index (Phi) is 6.59. The predicted molar refractivity (Wildman–Crippen MR) is 109 cm³/mol. The van der Waals surface area contributed by atoms with Crippen LogP contribution in [0.2, 0.25) is 0 Å². The summed E-state index contributed by atoms with van der Waals surface area (Å²) in [5.41, 5.74) is 4.33. The van der Waals surface area contributed by atoms with Crippen molar-refractivity contribution < 1.29 is 0 Å². The van der Waals surface area contributed by atoms with Gasteiger partial charge < -0.3 is 9.80 Å². The molecule has 0 aromatic carbocycles. The highest BCUT2D eigenvalue weighted by Crippen LogP contribution is 2.22. The molecule has 1 fully saturated rings. The number of hydrogen-bond donors (Lipinski definition) is 0. The number of thiazole rings is 1. The molecule has 0 N–H and O–H groups in total. The van der Waals surface area contributed by atoms with Crippen molar-refractivity contribution in [3.63, 3.8) is 0 Å². The SMILES string of the molecule is CCCc1cc(N2CCC(N(C)CCc3scnc3C)CC2)nc(C)n1. The quantitative estimate of drug-likeness (QED) is 0.741. The lowest BCUT2D eigenvalue weighted by atomic mass is 10.0. The maximum Gasteiger partial charge on any atom is 0.132 e. The third-order valence-electron chi connectivity index (χ3n) is 5.33. The molecule has 0 atom stereocenters. The normalized spacial score (nSPS) is 15.8. The fourth-order valence-corrected chi connectivity index (χ4v) is 4.49. The van der Waals surface area contributed by atoms with Gasteiger partial charge >= 0.3 is 0 Å². The van der Waals surface area contributed by atoms with Crippen LogP contribution in [-0.2, 0) is 12.8 Å². The van der Waals surface area contributed by atoms with Crippen molar-refractivity contribution in [1.82, 2.24) is 19.9 Å².